The van der Waals surface area contributed by atoms with Crippen molar-refractivity contribution in [3.63, 3.8) is 0 Å². The van der Waals surface area contributed by atoms with Crippen LogP contribution in [-0.2, 0) is 22.4 Å². The number of carboxylic acids is 2. The van der Waals surface area contributed by atoms with E-state index in [4.69, 9.17) is 10.2 Å². The summed E-state index contributed by atoms with van der Waals surface area (Å²) in [6, 6.07) is 11.4. The molecule has 0 atom stereocenters. The van der Waals surface area contributed by atoms with Gasteiger partial charge >= 0.3 is 11.9 Å². The summed E-state index contributed by atoms with van der Waals surface area (Å²) in [5.74, 6) is -2.02. The van der Waals surface area contributed by atoms with E-state index in [0.29, 0.717) is 0 Å². The molecule has 112 valence electrons. The fourth-order valence-electron chi connectivity index (χ4n) is 2.21. The van der Waals surface area contributed by atoms with Crippen LogP contribution in [0, 0.1) is 0 Å². The van der Waals surface area contributed by atoms with E-state index in [2.05, 4.69) is 13.2 Å². The Labute approximate surface area is 128 Å². The van der Waals surface area contributed by atoms with E-state index in [9.17, 15) is 9.59 Å². The molecule has 4 heteroatoms. The smallest absolute Gasteiger partial charge is 0.331 e. The van der Waals surface area contributed by atoms with Crippen molar-refractivity contribution in [2.24, 2.45) is 0 Å². The Morgan fingerprint density at radius 1 is 0.773 bits per heavy atom. The third-order valence-corrected chi connectivity index (χ3v) is 3.41. The van der Waals surface area contributed by atoms with Crippen molar-refractivity contribution in [1.29, 1.82) is 0 Å². The summed E-state index contributed by atoms with van der Waals surface area (Å²) in [6.45, 7) is 7.06. The number of carboxylic acid groups (broad SMARTS) is 2. The average Bonchev–Trinajstić information content (AvgIpc) is 2.46. The summed E-state index contributed by atoms with van der Waals surface area (Å²) in [5.41, 5.74) is 1.98. The number of benzene rings is 2. The van der Waals surface area contributed by atoms with Gasteiger partial charge in [0.2, 0.25) is 0 Å². The molecule has 2 aromatic rings. The van der Waals surface area contributed by atoms with Crippen molar-refractivity contribution in [3.8, 4) is 0 Å². The van der Waals surface area contributed by atoms with Gasteiger partial charge in [-0.2, -0.15) is 0 Å². The van der Waals surface area contributed by atoms with Gasteiger partial charge in [0.1, 0.15) is 0 Å². The van der Waals surface area contributed by atoms with Gasteiger partial charge in [-0.3, -0.25) is 0 Å². The third-order valence-electron chi connectivity index (χ3n) is 3.41. The van der Waals surface area contributed by atoms with Crippen LogP contribution in [0.5, 0.6) is 0 Å². The monoisotopic (exact) mass is 296 g/mol. The predicted molar refractivity (Wildman–Crippen MR) is 84.9 cm³/mol. The molecule has 0 unspecified atom stereocenters. The minimum Gasteiger partial charge on any atom is -0.478 e. The van der Waals surface area contributed by atoms with Crippen molar-refractivity contribution in [2.75, 3.05) is 0 Å². The quantitative estimate of drug-likeness (QED) is 0.803. The molecular weight excluding hydrogens is 280 g/mol. The molecule has 22 heavy (non-hydrogen) atoms. The highest BCUT2D eigenvalue weighted by Crippen LogP contribution is 2.21. The van der Waals surface area contributed by atoms with Crippen LogP contribution < -0.4 is 0 Å². The number of hydrogen-bond acceptors (Lipinski definition) is 2. The Balaban J connectivity index is 2.30. The summed E-state index contributed by atoms with van der Waals surface area (Å²) in [4.78, 5) is 21.7. The maximum atomic E-state index is 10.8. The molecule has 0 bridgehead atoms. The highest BCUT2D eigenvalue weighted by molar-refractivity contribution is 5.88. The van der Waals surface area contributed by atoms with E-state index in [-0.39, 0.29) is 24.0 Å². The van der Waals surface area contributed by atoms with Gasteiger partial charge in [0.15, 0.2) is 0 Å². The molecule has 0 aliphatic heterocycles. The fourth-order valence-corrected chi connectivity index (χ4v) is 2.21. The molecule has 0 heterocycles. The topological polar surface area (TPSA) is 74.6 Å². The molecule has 4 nitrogen and oxygen atoms in total. The van der Waals surface area contributed by atoms with E-state index in [0.717, 1.165) is 21.9 Å². The highest BCUT2D eigenvalue weighted by Gasteiger charge is 2.08. The molecule has 2 aromatic carbocycles. The molecule has 0 aliphatic rings. The van der Waals surface area contributed by atoms with Crippen molar-refractivity contribution < 1.29 is 19.8 Å². The molecule has 0 saturated carbocycles. The van der Waals surface area contributed by atoms with Gasteiger partial charge in [-0.05, 0) is 21.9 Å². The first kappa shape index (κ1) is 15.5. The Bertz CT molecular complexity index is 724. The van der Waals surface area contributed by atoms with E-state index < -0.39 is 11.9 Å². The van der Waals surface area contributed by atoms with Gasteiger partial charge in [-0.25, -0.2) is 9.59 Å². The molecule has 0 aromatic heterocycles. The van der Waals surface area contributed by atoms with Gasteiger partial charge in [0.05, 0.1) is 0 Å². The lowest BCUT2D eigenvalue weighted by molar-refractivity contribution is -0.133. The first-order chi connectivity index (χ1) is 10.4. The van der Waals surface area contributed by atoms with Gasteiger partial charge in [-0.1, -0.05) is 49.6 Å². The van der Waals surface area contributed by atoms with Crippen molar-refractivity contribution in [1.82, 2.24) is 0 Å². The zero-order valence-corrected chi connectivity index (χ0v) is 12.0. The lowest BCUT2D eigenvalue weighted by atomic mass is 9.98. The molecule has 0 aliphatic carbocycles. The molecule has 0 spiro atoms. The number of aliphatic carboxylic acids is 2. The standard InChI is InChI=1S/C18H16O4/c1-11(17(19)20)7-13-3-5-15-6-4-14(10-16(15)9-13)8-12(2)18(21)22/h3-6,9-10H,1-2,7-8H2,(H,19,20)(H,21,22). The third kappa shape index (κ3) is 3.61. The minimum atomic E-state index is -1.01. The molecule has 2 N–H and O–H groups in total. The van der Waals surface area contributed by atoms with Crippen LogP contribution in [0.25, 0.3) is 10.8 Å². The van der Waals surface area contributed by atoms with Crippen LogP contribution in [0.4, 0.5) is 0 Å². The molecule has 0 fully saturated rings. The zero-order chi connectivity index (χ0) is 16.3. The normalized spacial score (nSPS) is 10.4. The Kier molecular flexibility index (Phi) is 4.41. The molecule has 0 amide bonds. The predicted octanol–water partition coefficient (Wildman–Crippen LogP) is 3.21. The number of rotatable bonds is 6. The van der Waals surface area contributed by atoms with E-state index in [1.165, 1.54) is 0 Å². The first-order valence-corrected chi connectivity index (χ1v) is 6.70. The second-order valence-corrected chi connectivity index (χ2v) is 5.19. The average molecular weight is 296 g/mol. The number of hydrogen-bond donors (Lipinski definition) is 2. The van der Waals surface area contributed by atoms with E-state index in [1.807, 2.05) is 36.4 Å². The van der Waals surface area contributed by atoms with Crippen molar-refractivity contribution >= 4 is 22.7 Å². The SMILES string of the molecule is C=C(Cc1ccc2ccc(CC(=C)C(=O)O)cc2c1)C(=O)O. The maximum Gasteiger partial charge on any atom is 0.331 e. The summed E-state index contributed by atoms with van der Waals surface area (Å²) >= 11 is 0. The van der Waals surface area contributed by atoms with Gasteiger partial charge in [0, 0.05) is 24.0 Å². The van der Waals surface area contributed by atoms with Gasteiger partial charge in [-0.15, -0.1) is 0 Å². The summed E-state index contributed by atoms with van der Waals surface area (Å²) in [7, 11) is 0. The van der Waals surface area contributed by atoms with Crippen LogP contribution in [-0.4, -0.2) is 22.2 Å². The first-order valence-electron chi connectivity index (χ1n) is 6.70. The summed E-state index contributed by atoms with van der Waals surface area (Å²) < 4.78 is 0. The van der Waals surface area contributed by atoms with Crippen LogP contribution in [0.1, 0.15) is 11.1 Å². The van der Waals surface area contributed by atoms with E-state index in [1.54, 1.807) is 0 Å². The minimum absolute atomic E-state index is 0.134. The van der Waals surface area contributed by atoms with Crippen LogP contribution in [0.15, 0.2) is 60.7 Å². The van der Waals surface area contributed by atoms with E-state index >= 15 is 0 Å². The van der Waals surface area contributed by atoms with Crippen LogP contribution in [0.3, 0.4) is 0 Å². The lowest BCUT2D eigenvalue weighted by Crippen LogP contribution is -2.02. The van der Waals surface area contributed by atoms with Gasteiger partial charge in [0.25, 0.3) is 0 Å². The van der Waals surface area contributed by atoms with Crippen molar-refractivity contribution in [3.05, 3.63) is 71.8 Å². The second kappa shape index (κ2) is 6.26. The maximum absolute atomic E-state index is 10.8. The number of fused-ring (bicyclic) bond motifs is 1. The summed E-state index contributed by atoms with van der Waals surface area (Å²) in [5, 5.41) is 19.7. The fraction of sp³-hybridized carbons (Fsp3) is 0.111. The van der Waals surface area contributed by atoms with Crippen LogP contribution in [0.2, 0.25) is 0 Å². The largest absolute Gasteiger partial charge is 0.478 e. The van der Waals surface area contributed by atoms with Gasteiger partial charge < -0.3 is 10.2 Å². The highest BCUT2D eigenvalue weighted by atomic mass is 16.4. The molecule has 2 rings (SSSR count). The Morgan fingerprint density at radius 3 is 1.55 bits per heavy atom. The van der Waals surface area contributed by atoms with Crippen molar-refractivity contribution in [2.45, 2.75) is 12.8 Å². The molecular formula is C18H16O4. The number of carbonyl (C=O) groups is 2. The van der Waals surface area contributed by atoms with Crippen LogP contribution >= 0.6 is 0 Å². The molecule has 0 radical (unpaired) electrons. The Morgan fingerprint density at radius 2 is 1.18 bits per heavy atom. The second-order valence-electron chi connectivity index (χ2n) is 5.19. The Hall–Kier alpha value is -2.88. The molecule has 0 saturated heterocycles. The lowest BCUT2D eigenvalue weighted by Gasteiger charge is -2.07. The zero-order valence-electron chi connectivity index (χ0n) is 12.0. The summed E-state index contributed by atoms with van der Waals surface area (Å²) in [6.07, 6.45) is 0.550.